The van der Waals surface area contributed by atoms with Crippen LogP contribution >= 0.6 is 11.6 Å². The first kappa shape index (κ1) is 19.7. The summed E-state index contributed by atoms with van der Waals surface area (Å²) in [5, 5.41) is 3.84. The highest BCUT2D eigenvalue weighted by Crippen LogP contribution is 2.33. The van der Waals surface area contributed by atoms with E-state index < -0.39 is 12.0 Å². The van der Waals surface area contributed by atoms with Gasteiger partial charge in [-0.05, 0) is 31.2 Å². The van der Waals surface area contributed by atoms with E-state index in [1.807, 2.05) is 12.1 Å². The average Bonchev–Trinajstić information content (AvgIpc) is 3.13. The van der Waals surface area contributed by atoms with Crippen molar-refractivity contribution in [3.05, 3.63) is 95.2 Å². The third-order valence-corrected chi connectivity index (χ3v) is 4.91. The minimum Gasteiger partial charge on any atom is -0.479 e. The third-order valence-electron chi connectivity index (χ3n) is 4.60. The maximum Gasteiger partial charge on any atom is 0.265 e. The second-order valence-electron chi connectivity index (χ2n) is 6.68. The number of furan rings is 1. The third kappa shape index (κ3) is 3.93. The first-order valence-corrected chi connectivity index (χ1v) is 9.75. The number of amides is 1. The highest BCUT2D eigenvalue weighted by atomic mass is 35.5. The van der Waals surface area contributed by atoms with Crippen molar-refractivity contribution in [3.8, 4) is 5.75 Å². The molecule has 150 valence electrons. The highest BCUT2D eigenvalue weighted by molar-refractivity contribution is 6.32. The molecular formula is C24H18ClNO4. The van der Waals surface area contributed by atoms with Gasteiger partial charge in [-0.15, -0.1) is 0 Å². The van der Waals surface area contributed by atoms with E-state index in [0.717, 1.165) is 0 Å². The molecule has 1 aromatic heterocycles. The molecule has 1 heterocycles. The van der Waals surface area contributed by atoms with Crippen LogP contribution in [0.4, 0.5) is 5.69 Å². The Bertz CT molecular complexity index is 1220. The quantitative estimate of drug-likeness (QED) is 0.405. The van der Waals surface area contributed by atoms with Crippen LogP contribution in [0.25, 0.3) is 11.0 Å². The summed E-state index contributed by atoms with van der Waals surface area (Å²) in [5.74, 6) is -0.273. The molecular weight excluding hydrogens is 402 g/mol. The predicted octanol–water partition coefficient (Wildman–Crippen LogP) is 5.72. The molecule has 0 fully saturated rings. The van der Waals surface area contributed by atoms with Crippen molar-refractivity contribution in [1.82, 2.24) is 0 Å². The van der Waals surface area contributed by atoms with Crippen molar-refractivity contribution in [2.24, 2.45) is 0 Å². The van der Waals surface area contributed by atoms with Gasteiger partial charge in [0.2, 0.25) is 5.78 Å². The number of para-hydroxylation sites is 2. The molecule has 4 aromatic rings. The van der Waals surface area contributed by atoms with E-state index in [-0.39, 0.29) is 11.5 Å². The van der Waals surface area contributed by atoms with Crippen LogP contribution in [0.5, 0.6) is 5.75 Å². The van der Waals surface area contributed by atoms with Crippen LogP contribution < -0.4 is 10.1 Å². The van der Waals surface area contributed by atoms with Crippen LogP contribution in [0, 0.1) is 0 Å². The van der Waals surface area contributed by atoms with E-state index in [9.17, 15) is 9.59 Å². The van der Waals surface area contributed by atoms with E-state index in [1.54, 1.807) is 73.7 Å². The van der Waals surface area contributed by atoms with Gasteiger partial charge in [-0.3, -0.25) is 9.59 Å². The summed E-state index contributed by atoms with van der Waals surface area (Å²) in [7, 11) is 0. The van der Waals surface area contributed by atoms with Crippen LogP contribution in [0.1, 0.15) is 23.0 Å². The number of hydrogen-bond acceptors (Lipinski definition) is 4. The molecule has 5 nitrogen and oxygen atoms in total. The smallest absolute Gasteiger partial charge is 0.265 e. The van der Waals surface area contributed by atoms with Gasteiger partial charge in [-0.25, -0.2) is 0 Å². The van der Waals surface area contributed by atoms with Crippen LogP contribution in [-0.2, 0) is 4.79 Å². The topological polar surface area (TPSA) is 68.5 Å². The first-order chi connectivity index (χ1) is 14.5. The van der Waals surface area contributed by atoms with Gasteiger partial charge in [0.1, 0.15) is 11.3 Å². The molecule has 0 radical (unpaired) electrons. The van der Waals surface area contributed by atoms with E-state index in [4.69, 9.17) is 20.8 Å². The number of halogens is 1. The van der Waals surface area contributed by atoms with Crippen molar-refractivity contribution in [1.29, 1.82) is 0 Å². The summed E-state index contributed by atoms with van der Waals surface area (Å²) in [6.45, 7) is 1.61. The zero-order chi connectivity index (χ0) is 21.1. The number of benzene rings is 3. The second kappa shape index (κ2) is 8.43. The summed E-state index contributed by atoms with van der Waals surface area (Å²) in [5.41, 5.74) is 1.29. The zero-order valence-electron chi connectivity index (χ0n) is 16.1. The maximum absolute atomic E-state index is 13.0. The monoisotopic (exact) mass is 419 g/mol. The van der Waals surface area contributed by atoms with Crippen molar-refractivity contribution in [2.45, 2.75) is 13.0 Å². The fourth-order valence-electron chi connectivity index (χ4n) is 3.06. The van der Waals surface area contributed by atoms with Crippen molar-refractivity contribution in [3.63, 3.8) is 0 Å². The minimum atomic E-state index is -0.849. The van der Waals surface area contributed by atoms with E-state index in [2.05, 4.69) is 5.32 Å². The largest absolute Gasteiger partial charge is 0.479 e. The van der Waals surface area contributed by atoms with Crippen molar-refractivity contribution in [2.75, 3.05) is 5.32 Å². The van der Waals surface area contributed by atoms with Gasteiger partial charge in [0.25, 0.3) is 5.91 Å². The SMILES string of the molecule is C[C@@H](Oc1ccccc1Cl)C(=O)Nc1c(C(=O)c2ccccc2)oc2ccccc12. The Kier molecular flexibility index (Phi) is 5.55. The predicted molar refractivity (Wildman–Crippen MR) is 116 cm³/mol. The second-order valence-corrected chi connectivity index (χ2v) is 7.08. The molecule has 0 saturated carbocycles. The van der Waals surface area contributed by atoms with Crippen molar-refractivity contribution >= 4 is 39.9 Å². The van der Waals surface area contributed by atoms with Crippen LogP contribution in [-0.4, -0.2) is 17.8 Å². The molecule has 3 aromatic carbocycles. The van der Waals surface area contributed by atoms with E-state index in [1.165, 1.54) is 0 Å². The van der Waals surface area contributed by atoms with Gasteiger partial charge in [0.15, 0.2) is 11.9 Å². The summed E-state index contributed by atoms with van der Waals surface area (Å²) in [4.78, 5) is 25.9. The van der Waals surface area contributed by atoms with Gasteiger partial charge in [-0.1, -0.05) is 66.2 Å². The Morgan fingerprint density at radius 1 is 0.933 bits per heavy atom. The molecule has 0 bridgehead atoms. The Balaban J connectivity index is 1.65. The fourth-order valence-corrected chi connectivity index (χ4v) is 3.24. The molecule has 0 aliphatic rings. The number of ketones is 1. The lowest BCUT2D eigenvalue weighted by Gasteiger charge is -2.15. The summed E-state index contributed by atoms with van der Waals surface area (Å²) in [6, 6.07) is 22.8. The van der Waals surface area contributed by atoms with Crippen molar-refractivity contribution < 1.29 is 18.7 Å². The number of rotatable bonds is 6. The molecule has 0 spiro atoms. The standard InChI is InChI=1S/C24H18ClNO4/c1-15(29-20-14-8-6-12-18(20)25)24(28)26-21-17-11-5-7-13-19(17)30-23(21)22(27)16-9-3-2-4-10-16/h2-15H,1H3,(H,26,28)/t15-/m1/s1. The average molecular weight is 420 g/mol. The summed E-state index contributed by atoms with van der Waals surface area (Å²) in [6.07, 6.45) is -0.849. The molecule has 1 N–H and O–H groups in total. The molecule has 1 amide bonds. The molecule has 30 heavy (non-hydrogen) atoms. The normalized spacial score (nSPS) is 11.8. The lowest BCUT2D eigenvalue weighted by Crippen LogP contribution is -2.30. The lowest BCUT2D eigenvalue weighted by atomic mass is 10.1. The molecule has 1 atom stereocenters. The lowest BCUT2D eigenvalue weighted by molar-refractivity contribution is -0.122. The Morgan fingerprint density at radius 2 is 1.60 bits per heavy atom. The van der Waals surface area contributed by atoms with Gasteiger partial charge in [-0.2, -0.15) is 0 Å². The molecule has 0 saturated heterocycles. The van der Waals surface area contributed by atoms with Crippen LogP contribution in [0.3, 0.4) is 0 Å². The fraction of sp³-hybridized carbons (Fsp3) is 0.0833. The van der Waals surface area contributed by atoms with Gasteiger partial charge < -0.3 is 14.5 Å². The van der Waals surface area contributed by atoms with Crippen LogP contribution in [0.2, 0.25) is 5.02 Å². The van der Waals surface area contributed by atoms with E-state index in [0.29, 0.717) is 33.0 Å². The van der Waals surface area contributed by atoms with Gasteiger partial charge >= 0.3 is 0 Å². The number of ether oxygens (including phenoxy) is 1. The number of hydrogen-bond donors (Lipinski definition) is 1. The number of nitrogens with one attached hydrogen (secondary N) is 1. The highest BCUT2D eigenvalue weighted by Gasteiger charge is 2.25. The van der Waals surface area contributed by atoms with Gasteiger partial charge in [0, 0.05) is 10.9 Å². The summed E-state index contributed by atoms with van der Waals surface area (Å²) >= 11 is 6.11. The maximum atomic E-state index is 13.0. The molecule has 4 rings (SSSR count). The number of anilines is 1. The molecule has 6 heteroatoms. The Hall–Kier alpha value is -3.57. The number of carbonyl (C=O) groups is 2. The Labute approximate surface area is 178 Å². The van der Waals surface area contributed by atoms with Crippen LogP contribution in [0.15, 0.2) is 83.3 Å². The molecule has 0 aliphatic heterocycles. The van der Waals surface area contributed by atoms with E-state index >= 15 is 0 Å². The Morgan fingerprint density at radius 3 is 2.37 bits per heavy atom. The van der Waals surface area contributed by atoms with Gasteiger partial charge in [0.05, 0.1) is 10.7 Å². The molecule has 0 aliphatic carbocycles. The zero-order valence-corrected chi connectivity index (χ0v) is 16.8. The summed E-state index contributed by atoms with van der Waals surface area (Å²) < 4.78 is 11.5. The number of fused-ring (bicyclic) bond motifs is 1. The minimum absolute atomic E-state index is 0.0701. The molecule has 0 unspecified atom stereocenters. The number of carbonyl (C=O) groups excluding carboxylic acids is 2. The first-order valence-electron chi connectivity index (χ1n) is 9.38.